The largest absolute Gasteiger partial charge is 0.488 e. The molecule has 0 spiro atoms. The van der Waals surface area contributed by atoms with Gasteiger partial charge in [0, 0.05) is 0 Å². The predicted octanol–water partition coefficient (Wildman–Crippen LogP) is 5.07. The van der Waals surface area contributed by atoms with Crippen LogP contribution in [0.5, 0.6) is 5.75 Å². The van der Waals surface area contributed by atoms with Gasteiger partial charge in [-0.25, -0.2) is 4.57 Å². The Labute approximate surface area is 145 Å². The SMILES string of the molecule is CCCCCCCCCCC(COP(=O)(O)O)Oc1ccccc1. The normalized spacial score (nSPS) is 13.0. The van der Waals surface area contributed by atoms with Crippen LogP contribution in [0.15, 0.2) is 30.3 Å². The number of hydrogen-bond donors (Lipinski definition) is 2. The minimum Gasteiger partial charge on any atom is -0.488 e. The first-order valence-electron chi connectivity index (χ1n) is 8.93. The summed E-state index contributed by atoms with van der Waals surface area (Å²) in [5.41, 5.74) is 0. The van der Waals surface area contributed by atoms with Gasteiger partial charge in [0.2, 0.25) is 0 Å². The summed E-state index contributed by atoms with van der Waals surface area (Å²) in [6.45, 7) is 2.11. The molecule has 2 N–H and O–H groups in total. The van der Waals surface area contributed by atoms with Crippen molar-refractivity contribution in [3.8, 4) is 5.75 Å². The van der Waals surface area contributed by atoms with Crippen LogP contribution in [0.2, 0.25) is 0 Å². The number of benzene rings is 1. The van der Waals surface area contributed by atoms with Gasteiger partial charge in [-0.3, -0.25) is 4.52 Å². The molecule has 6 heteroatoms. The van der Waals surface area contributed by atoms with Crippen molar-refractivity contribution in [2.45, 2.75) is 70.8 Å². The zero-order valence-electron chi connectivity index (χ0n) is 14.6. The Morgan fingerprint density at radius 2 is 1.54 bits per heavy atom. The van der Waals surface area contributed by atoms with Crippen molar-refractivity contribution >= 4 is 7.82 Å². The maximum absolute atomic E-state index is 10.9. The van der Waals surface area contributed by atoms with Crippen LogP contribution < -0.4 is 4.74 Å². The first-order valence-corrected chi connectivity index (χ1v) is 10.5. The number of phosphoric acid groups is 1. The van der Waals surface area contributed by atoms with E-state index in [0.717, 1.165) is 19.3 Å². The van der Waals surface area contributed by atoms with Gasteiger partial charge in [-0.05, 0) is 25.0 Å². The predicted molar refractivity (Wildman–Crippen MR) is 96.1 cm³/mol. The van der Waals surface area contributed by atoms with Crippen LogP contribution in [0, 0.1) is 0 Å². The lowest BCUT2D eigenvalue weighted by atomic mass is 10.1. The molecular weight excluding hydrogens is 327 g/mol. The third kappa shape index (κ3) is 11.6. The van der Waals surface area contributed by atoms with Crippen LogP contribution in [0.25, 0.3) is 0 Å². The molecule has 0 saturated heterocycles. The lowest BCUT2D eigenvalue weighted by molar-refractivity contribution is 0.0941. The summed E-state index contributed by atoms with van der Waals surface area (Å²) in [5.74, 6) is 0.691. The van der Waals surface area contributed by atoms with Crippen molar-refractivity contribution < 1.29 is 23.6 Å². The van der Waals surface area contributed by atoms with E-state index in [9.17, 15) is 4.57 Å². The molecule has 1 unspecified atom stereocenters. The number of unbranched alkanes of at least 4 members (excludes halogenated alkanes) is 7. The second-order valence-corrected chi connectivity index (χ2v) is 7.34. The van der Waals surface area contributed by atoms with Crippen LogP contribution in [-0.4, -0.2) is 22.5 Å². The van der Waals surface area contributed by atoms with Crippen molar-refractivity contribution in [3.63, 3.8) is 0 Å². The van der Waals surface area contributed by atoms with E-state index in [-0.39, 0.29) is 12.7 Å². The molecule has 1 aromatic rings. The van der Waals surface area contributed by atoms with Gasteiger partial charge in [0.05, 0.1) is 6.61 Å². The molecule has 0 radical (unpaired) electrons. The highest BCUT2D eigenvalue weighted by atomic mass is 31.2. The first kappa shape index (κ1) is 21.2. The van der Waals surface area contributed by atoms with Crippen molar-refractivity contribution in [1.29, 1.82) is 0 Å². The Hall–Kier alpha value is -0.870. The minimum absolute atomic E-state index is 0.102. The Bertz CT molecular complexity index is 460. The van der Waals surface area contributed by atoms with Crippen molar-refractivity contribution in [1.82, 2.24) is 0 Å². The lowest BCUT2D eigenvalue weighted by Crippen LogP contribution is -2.22. The number of rotatable bonds is 14. The van der Waals surface area contributed by atoms with Crippen molar-refractivity contribution in [2.24, 2.45) is 0 Å². The second kappa shape index (κ2) is 12.5. The fourth-order valence-corrected chi connectivity index (χ4v) is 2.91. The monoisotopic (exact) mass is 358 g/mol. The van der Waals surface area contributed by atoms with Gasteiger partial charge in [-0.15, -0.1) is 0 Å². The molecule has 0 aliphatic carbocycles. The van der Waals surface area contributed by atoms with Gasteiger partial charge >= 0.3 is 7.82 Å². The minimum atomic E-state index is -4.46. The average Bonchev–Trinajstić information content (AvgIpc) is 2.55. The van der Waals surface area contributed by atoms with Crippen LogP contribution in [0.4, 0.5) is 0 Å². The Kier molecular flexibility index (Phi) is 11.0. The standard InChI is InChI=1S/C18H31O5P/c1-2-3-4-5-6-7-8-10-15-18(16-22-24(19,20)21)23-17-13-11-9-12-14-17/h9,11-14,18H,2-8,10,15-16H2,1H3,(H2,19,20,21). The molecule has 0 aliphatic heterocycles. The number of para-hydroxylation sites is 1. The maximum Gasteiger partial charge on any atom is 0.469 e. The zero-order valence-corrected chi connectivity index (χ0v) is 15.5. The molecule has 0 fully saturated rings. The molecule has 1 rings (SSSR count). The topological polar surface area (TPSA) is 76.0 Å². The highest BCUT2D eigenvalue weighted by Crippen LogP contribution is 2.36. The molecule has 138 valence electrons. The zero-order chi connectivity index (χ0) is 17.7. The van der Waals surface area contributed by atoms with Crippen molar-refractivity contribution in [3.05, 3.63) is 30.3 Å². The summed E-state index contributed by atoms with van der Waals surface area (Å²) in [4.78, 5) is 17.8. The summed E-state index contributed by atoms with van der Waals surface area (Å²) < 4.78 is 21.3. The summed E-state index contributed by atoms with van der Waals surface area (Å²) in [6.07, 6.45) is 10.1. The third-order valence-electron chi connectivity index (χ3n) is 3.85. The molecule has 24 heavy (non-hydrogen) atoms. The summed E-state index contributed by atoms with van der Waals surface area (Å²) in [7, 11) is -4.46. The smallest absolute Gasteiger partial charge is 0.469 e. The van der Waals surface area contributed by atoms with Crippen molar-refractivity contribution in [2.75, 3.05) is 6.61 Å². The lowest BCUT2D eigenvalue weighted by Gasteiger charge is -2.19. The molecule has 1 aromatic carbocycles. The van der Waals surface area contributed by atoms with E-state index in [0.29, 0.717) is 5.75 Å². The Morgan fingerprint density at radius 1 is 0.958 bits per heavy atom. The average molecular weight is 358 g/mol. The Morgan fingerprint density at radius 3 is 2.12 bits per heavy atom. The van der Waals surface area contributed by atoms with Crippen LogP contribution >= 0.6 is 7.82 Å². The van der Waals surface area contributed by atoms with Gasteiger partial charge < -0.3 is 14.5 Å². The first-order chi connectivity index (χ1) is 11.5. The summed E-state index contributed by atoms with van der Waals surface area (Å²) >= 11 is 0. The number of hydrogen-bond acceptors (Lipinski definition) is 3. The molecule has 0 aliphatic rings. The highest BCUT2D eigenvalue weighted by molar-refractivity contribution is 7.46. The molecule has 0 aromatic heterocycles. The van der Waals surface area contributed by atoms with Gasteiger partial charge in [0.1, 0.15) is 11.9 Å². The Balaban J connectivity index is 2.29. The number of ether oxygens (including phenoxy) is 1. The molecule has 0 bridgehead atoms. The fourth-order valence-electron chi connectivity index (χ4n) is 2.55. The van der Waals surface area contributed by atoms with E-state index in [1.165, 1.54) is 38.5 Å². The van der Waals surface area contributed by atoms with E-state index in [4.69, 9.17) is 14.5 Å². The number of phosphoric ester groups is 1. The van der Waals surface area contributed by atoms with E-state index in [2.05, 4.69) is 11.4 Å². The molecule has 0 heterocycles. The quantitative estimate of drug-likeness (QED) is 0.358. The van der Waals surface area contributed by atoms with Crippen LogP contribution in [0.3, 0.4) is 0 Å². The molecule has 5 nitrogen and oxygen atoms in total. The highest BCUT2D eigenvalue weighted by Gasteiger charge is 2.19. The second-order valence-electron chi connectivity index (χ2n) is 6.10. The van der Waals surface area contributed by atoms with Crippen LogP contribution in [-0.2, 0) is 9.09 Å². The van der Waals surface area contributed by atoms with Gasteiger partial charge in [0.25, 0.3) is 0 Å². The molecule has 1 atom stereocenters. The summed E-state index contributed by atoms with van der Waals surface area (Å²) in [6, 6.07) is 9.29. The van der Waals surface area contributed by atoms with Gasteiger partial charge in [-0.2, -0.15) is 0 Å². The molecular formula is C18H31O5P. The van der Waals surface area contributed by atoms with Crippen LogP contribution in [0.1, 0.15) is 64.7 Å². The van der Waals surface area contributed by atoms with E-state index < -0.39 is 7.82 Å². The third-order valence-corrected chi connectivity index (χ3v) is 4.34. The molecule has 0 saturated carbocycles. The summed E-state index contributed by atoms with van der Waals surface area (Å²) in [5, 5.41) is 0. The molecule has 0 amide bonds. The van der Waals surface area contributed by atoms with Gasteiger partial charge in [0.15, 0.2) is 0 Å². The fraction of sp³-hybridized carbons (Fsp3) is 0.667. The maximum atomic E-state index is 10.9. The van der Waals surface area contributed by atoms with E-state index in [1.54, 1.807) is 0 Å². The van der Waals surface area contributed by atoms with E-state index in [1.807, 2.05) is 30.3 Å². The van der Waals surface area contributed by atoms with E-state index >= 15 is 0 Å². The van der Waals surface area contributed by atoms with Gasteiger partial charge in [-0.1, -0.05) is 70.1 Å².